The van der Waals surface area contributed by atoms with Crippen LogP contribution in [0.5, 0.6) is 0 Å². The first-order valence-electron chi connectivity index (χ1n) is 9.51. The number of aliphatic carboxylic acids is 1. The number of carbonyl (C=O) groups excluding carboxylic acids is 1. The van der Waals surface area contributed by atoms with Crippen LogP contribution >= 0.6 is 0 Å². The maximum absolute atomic E-state index is 12.3. The minimum absolute atomic E-state index is 0.0643. The number of nitrogens with one attached hydrogen (secondary N) is 1. The van der Waals surface area contributed by atoms with Crippen molar-refractivity contribution in [2.75, 3.05) is 6.61 Å². The van der Waals surface area contributed by atoms with Crippen molar-refractivity contribution in [2.24, 2.45) is 0 Å². The summed E-state index contributed by atoms with van der Waals surface area (Å²) in [5.74, 6) is -1.16. The molecule has 0 aliphatic heterocycles. The first-order chi connectivity index (χ1) is 14.1. The van der Waals surface area contributed by atoms with E-state index >= 15 is 0 Å². The number of amides is 1. The Bertz CT molecular complexity index is 986. The lowest BCUT2D eigenvalue weighted by Crippen LogP contribution is -2.42. The molecule has 0 fully saturated rings. The Morgan fingerprint density at radius 1 is 0.862 bits per heavy atom. The Balaban J connectivity index is 1.43. The average Bonchev–Trinajstić information content (AvgIpc) is 3.06. The summed E-state index contributed by atoms with van der Waals surface area (Å²) in [5.41, 5.74) is 5.34. The number of rotatable bonds is 6. The van der Waals surface area contributed by atoms with E-state index in [0.717, 1.165) is 27.8 Å². The molecule has 0 unspecified atom stereocenters. The average molecular weight is 393 g/mol. The molecule has 1 aliphatic carbocycles. The standard InChI is InChI=1S/C24H21NO4/c26-23(27)22(14-16-8-2-1-3-9-16)25-24(28)29-15-21-19-12-6-4-10-17(19)18-11-5-7-13-20(18)21/h1-13,21-22H,14-15H2,(H,25,28)(H,26,27)/t22-/m0/s1/i1+1,2+1,3+1,8+1,9+1,16+1. The third-order valence-corrected chi connectivity index (χ3v) is 5.22. The van der Waals surface area contributed by atoms with Crippen LogP contribution in [0.15, 0.2) is 78.9 Å². The van der Waals surface area contributed by atoms with Crippen LogP contribution < -0.4 is 5.32 Å². The van der Waals surface area contributed by atoms with Gasteiger partial charge in [-0.2, -0.15) is 0 Å². The minimum Gasteiger partial charge on any atom is -0.480 e. The van der Waals surface area contributed by atoms with E-state index in [1.807, 2.05) is 66.7 Å². The van der Waals surface area contributed by atoms with Crippen LogP contribution in [0.3, 0.4) is 0 Å². The Kier molecular flexibility index (Phi) is 5.29. The fourth-order valence-electron chi connectivity index (χ4n) is 3.83. The number of fused-ring (bicyclic) bond motifs is 3. The van der Waals surface area contributed by atoms with Crippen molar-refractivity contribution >= 4 is 12.1 Å². The molecule has 146 valence electrons. The van der Waals surface area contributed by atoms with Gasteiger partial charge in [-0.15, -0.1) is 0 Å². The molecular weight excluding hydrogens is 372 g/mol. The van der Waals surface area contributed by atoms with Gasteiger partial charge >= 0.3 is 12.1 Å². The number of carboxylic acids is 1. The molecule has 3 aromatic carbocycles. The summed E-state index contributed by atoms with van der Waals surface area (Å²) in [6, 6.07) is 24.3. The number of hydrogen-bond donors (Lipinski definition) is 2. The molecule has 29 heavy (non-hydrogen) atoms. The number of benzene rings is 3. The first-order valence-corrected chi connectivity index (χ1v) is 9.51. The minimum atomic E-state index is -1.10. The monoisotopic (exact) mass is 393 g/mol. The number of carbonyl (C=O) groups is 2. The SMILES string of the molecule is O=C(N[C@@H](C[13c]1[13cH][13cH][13cH][13cH][13cH]1)C(=O)O)OCC1c2ccccc2-c2ccccc21. The number of alkyl carbamates (subject to hydrolysis) is 1. The first kappa shape index (κ1) is 18.7. The maximum atomic E-state index is 12.3. The van der Waals surface area contributed by atoms with E-state index in [4.69, 9.17) is 4.74 Å². The fourth-order valence-corrected chi connectivity index (χ4v) is 3.83. The Morgan fingerprint density at radius 3 is 2.00 bits per heavy atom. The van der Waals surface area contributed by atoms with Gasteiger partial charge in [0, 0.05) is 12.3 Å². The summed E-state index contributed by atoms with van der Waals surface area (Å²) in [7, 11) is 0. The molecule has 1 amide bonds. The Morgan fingerprint density at radius 2 is 1.41 bits per heavy atom. The third-order valence-electron chi connectivity index (χ3n) is 5.22. The molecule has 0 radical (unpaired) electrons. The second-order valence-corrected chi connectivity index (χ2v) is 7.05. The van der Waals surface area contributed by atoms with Gasteiger partial charge < -0.3 is 15.2 Å². The predicted molar refractivity (Wildman–Crippen MR) is 110 cm³/mol. The van der Waals surface area contributed by atoms with E-state index in [1.54, 1.807) is 0 Å². The van der Waals surface area contributed by atoms with Crippen molar-refractivity contribution in [1.82, 2.24) is 5.32 Å². The summed E-state index contributed by atoms with van der Waals surface area (Å²) in [6.07, 6.45) is -0.532. The number of carboxylic acid groups (broad SMARTS) is 1. The van der Waals surface area contributed by atoms with Gasteiger partial charge in [-0.1, -0.05) is 78.9 Å². The fraction of sp³-hybridized carbons (Fsp3) is 0.167. The summed E-state index contributed by atoms with van der Waals surface area (Å²) in [6.45, 7) is 0.150. The quantitative estimate of drug-likeness (QED) is 0.658. The molecule has 0 spiro atoms. The van der Waals surface area contributed by atoms with Crippen LogP contribution in [-0.2, 0) is 16.0 Å². The molecule has 0 bridgehead atoms. The highest BCUT2D eigenvalue weighted by atomic mass is 16.5. The normalized spacial score (nSPS) is 13.2. The zero-order valence-electron chi connectivity index (χ0n) is 15.7. The lowest BCUT2D eigenvalue weighted by molar-refractivity contribution is -0.139. The van der Waals surface area contributed by atoms with Gasteiger partial charge in [0.25, 0.3) is 0 Å². The third kappa shape index (κ3) is 3.99. The largest absolute Gasteiger partial charge is 0.480 e. The van der Waals surface area contributed by atoms with E-state index in [9.17, 15) is 14.7 Å². The van der Waals surface area contributed by atoms with Crippen LogP contribution in [0.1, 0.15) is 22.6 Å². The van der Waals surface area contributed by atoms with Crippen molar-refractivity contribution in [3.63, 3.8) is 0 Å². The van der Waals surface area contributed by atoms with Gasteiger partial charge in [-0.25, -0.2) is 9.59 Å². The smallest absolute Gasteiger partial charge is 0.407 e. The number of ether oxygens (including phenoxy) is 1. The van der Waals surface area contributed by atoms with E-state index in [-0.39, 0.29) is 18.9 Å². The second-order valence-electron chi connectivity index (χ2n) is 7.05. The molecule has 5 heteroatoms. The lowest BCUT2D eigenvalue weighted by Gasteiger charge is -2.17. The van der Waals surface area contributed by atoms with Gasteiger partial charge in [0.15, 0.2) is 0 Å². The molecule has 2 N–H and O–H groups in total. The van der Waals surface area contributed by atoms with Crippen molar-refractivity contribution in [3.05, 3.63) is 95.6 Å². The highest BCUT2D eigenvalue weighted by Gasteiger charge is 2.29. The number of hydrogen-bond acceptors (Lipinski definition) is 3. The van der Waals surface area contributed by atoms with Crippen LogP contribution in [0.25, 0.3) is 11.1 Å². The highest BCUT2D eigenvalue weighted by molar-refractivity contribution is 5.81. The molecule has 3 aromatic rings. The van der Waals surface area contributed by atoms with Crippen LogP contribution in [0.2, 0.25) is 0 Å². The van der Waals surface area contributed by atoms with Crippen LogP contribution in [0.4, 0.5) is 4.79 Å². The zero-order valence-corrected chi connectivity index (χ0v) is 15.7. The van der Waals surface area contributed by atoms with E-state index in [0.29, 0.717) is 0 Å². The topological polar surface area (TPSA) is 75.6 Å². The maximum Gasteiger partial charge on any atom is 0.407 e. The van der Waals surface area contributed by atoms with Crippen LogP contribution in [-0.4, -0.2) is 29.8 Å². The summed E-state index contributed by atoms with van der Waals surface area (Å²) < 4.78 is 5.44. The molecular formula is C24H21NO4. The molecule has 0 heterocycles. The molecule has 0 saturated carbocycles. The van der Waals surface area contributed by atoms with Gasteiger partial charge in [0.1, 0.15) is 12.6 Å². The molecule has 1 atom stereocenters. The van der Waals surface area contributed by atoms with Crippen LogP contribution in [0, 0.1) is 0 Å². The highest BCUT2D eigenvalue weighted by Crippen LogP contribution is 2.44. The van der Waals surface area contributed by atoms with Gasteiger partial charge in [-0.05, 0) is 27.8 Å². The van der Waals surface area contributed by atoms with Gasteiger partial charge in [0.05, 0.1) is 0 Å². The van der Waals surface area contributed by atoms with E-state index in [1.165, 1.54) is 0 Å². The second kappa shape index (κ2) is 8.19. The molecule has 0 aromatic heterocycles. The van der Waals surface area contributed by atoms with E-state index < -0.39 is 18.1 Å². The Labute approximate surface area is 169 Å². The lowest BCUT2D eigenvalue weighted by atomic mass is 9.98. The van der Waals surface area contributed by atoms with Gasteiger partial charge in [0.2, 0.25) is 0 Å². The van der Waals surface area contributed by atoms with Crippen molar-refractivity contribution < 1.29 is 19.4 Å². The van der Waals surface area contributed by atoms with Gasteiger partial charge in [-0.3, -0.25) is 0 Å². The van der Waals surface area contributed by atoms with Crippen molar-refractivity contribution in [1.29, 1.82) is 0 Å². The predicted octanol–water partition coefficient (Wildman–Crippen LogP) is 4.22. The zero-order chi connectivity index (χ0) is 20.2. The Hall–Kier alpha value is -3.60. The van der Waals surface area contributed by atoms with Crippen molar-refractivity contribution in [2.45, 2.75) is 18.4 Å². The summed E-state index contributed by atoms with van der Waals surface area (Å²) >= 11 is 0. The molecule has 4 rings (SSSR count). The van der Waals surface area contributed by atoms with E-state index in [2.05, 4.69) is 17.4 Å². The molecule has 5 nitrogen and oxygen atoms in total. The van der Waals surface area contributed by atoms with Crippen molar-refractivity contribution in [3.8, 4) is 11.1 Å². The summed E-state index contributed by atoms with van der Waals surface area (Å²) in [5, 5.41) is 11.9. The summed E-state index contributed by atoms with van der Waals surface area (Å²) in [4.78, 5) is 23.9. The molecule has 0 saturated heterocycles. The molecule has 1 aliphatic rings.